The largest absolute Gasteiger partial charge is 0.481 e. The van der Waals surface area contributed by atoms with Crippen LogP contribution in [-0.4, -0.2) is 25.5 Å². The number of benzene rings is 1. The molecule has 0 heterocycles. The lowest BCUT2D eigenvalue weighted by atomic mass is 10.2. The Labute approximate surface area is 108 Å². The summed E-state index contributed by atoms with van der Waals surface area (Å²) in [4.78, 5) is 0. The van der Waals surface area contributed by atoms with Crippen molar-refractivity contribution in [3.63, 3.8) is 0 Å². The molecule has 0 saturated heterocycles. The smallest absolute Gasteiger partial charge is 0.319 e. The van der Waals surface area contributed by atoms with Crippen LogP contribution in [0, 0.1) is 12.3 Å². The van der Waals surface area contributed by atoms with E-state index in [0.29, 0.717) is 11.3 Å². The van der Waals surface area contributed by atoms with Crippen LogP contribution in [-0.2, 0) is 6.54 Å². The highest BCUT2D eigenvalue weighted by atomic mass is 19.3. The van der Waals surface area contributed by atoms with Gasteiger partial charge in [-0.2, -0.15) is 8.78 Å². The van der Waals surface area contributed by atoms with E-state index in [2.05, 4.69) is 11.2 Å². The van der Waals surface area contributed by atoms with Gasteiger partial charge in [0.15, 0.2) is 0 Å². The molecule has 0 aliphatic rings. The van der Waals surface area contributed by atoms with Gasteiger partial charge < -0.3 is 10.1 Å². The summed E-state index contributed by atoms with van der Waals surface area (Å²) < 4.78 is 54.5. The summed E-state index contributed by atoms with van der Waals surface area (Å²) >= 11 is 0. The molecule has 0 spiro atoms. The average Bonchev–Trinajstić information content (AvgIpc) is 2.37. The second kappa shape index (κ2) is 7.00. The van der Waals surface area contributed by atoms with Crippen LogP contribution >= 0.6 is 0 Å². The quantitative estimate of drug-likeness (QED) is 0.610. The average molecular weight is 275 g/mol. The Balaban J connectivity index is 2.56. The van der Waals surface area contributed by atoms with E-state index in [-0.39, 0.29) is 13.2 Å². The van der Waals surface area contributed by atoms with Crippen LogP contribution in [0.25, 0.3) is 0 Å². The van der Waals surface area contributed by atoms with E-state index in [1.807, 2.05) is 0 Å². The fraction of sp³-hybridized carbons (Fsp3) is 0.385. The van der Waals surface area contributed by atoms with Gasteiger partial charge >= 0.3 is 12.3 Å². The van der Waals surface area contributed by atoms with Crippen molar-refractivity contribution in [3.8, 4) is 18.1 Å². The van der Waals surface area contributed by atoms with Crippen molar-refractivity contribution in [2.75, 3.05) is 13.2 Å². The van der Waals surface area contributed by atoms with Crippen LogP contribution < -0.4 is 10.1 Å². The molecule has 1 rings (SSSR count). The van der Waals surface area contributed by atoms with Gasteiger partial charge in [-0.15, -0.1) is 6.42 Å². The zero-order valence-corrected chi connectivity index (χ0v) is 10.0. The number of nitrogens with one attached hydrogen (secondary N) is 1. The van der Waals surface area contributed by atoms with E-state index < -0.39 is 18.9 Å². The monoisotopic (exact) mass is 275 g/mol. The third-order valence-electron chi connectivity index (χ3n) is 2.28. The van der Waals surface area contributed by atoms with Gasteiger partial charge in [0.2, 0.25) is 0 Å². The molecule has 0 amide bonds. The molecule has 1 N–H and O–H groups in total. The molecule has 0 aliphatic heterocycles. The van der Waals surface area contributed by atoms with E-state index >= 15 is 0 Å². The molecular weight excluding hydrogens is 262 g/mol. The number of halogens is 4. The Morgan fingerprint density at radius 1 is 1.32 bits per heavy atom. The van der Waals surface area contributed by atoms with E-state index in [9.17, 15) is 17.6 Å². The number of alkyl halides is 4. The van der Waals surface area contributed by atoms with Gasteiger partial charge in [0.05, 0.1) is 6.54 Å². The Morgan fingerprint density at radius 2 is 2.00 bits per heavy atom. The molecule has 0 aliphatic carbocycles. The maximum absolute atomic E-state index is 12.7. The van der Waals surface area contributed by atoms with Crippen LogP contribution in [0.15, 0.2) is 24.3 Å². The molecule has 0 saturated carbocycles. The fourth-order valence-corrected chi connectivity index (χ4v) is 1.35. The molecule has 6 heteroatoms. The number of para-hydroxylation sites is 1. The van der Waals surface area contributed by atoms with Crippen molar-refractivity contribution < 1.29 is 22.3 Å². The molecule has 0 radical (unpaired) electrons. The molecule has 0 fully saturated rings. The maximum Gasteiger partial charge on any atom is 0.319 e. The fourth-order valence-electron chi connectivity index (χ4n) is 1.35. The van der Waals surface area contributed by atoms with Gasteiger partial charge in [0.25, 0.3) is 0 Å². The molecule has 0 atom stereocenters. The molecule has 0 aromatic heterocycles. The summed E-state index contributed by atoms with van der Waals surface area (Å²) in [6.45, 7) is -1.07. The van der Waals surface area contributed by atoms with Crippen LogP contribution in [0.2, 0.25) is 0 Å². The van der Waals surface area contributed by atoms with Gasteiger partial charge in [-0.1, -0.05) is 24.1 Å². The Kier molecular flexibility index (Phi) is 5.64. The molecule has 0 unspecified atom stereocenters. The molecule has 2 nitrogen and oxygen atoms in total. The molecule has 0 bridgehead atoms. The van der Waals surface area contributed by atoms with Crippen LogP contribution in [0.4, 0.5) is 17.6 Å². The minimum absolute atomic E-state index is 0.0109. The van der Waals surface area contributed by atoms with E-state index in [4.69, 9.17) is 11.2 Å². The number of hydrogen-bond donors (Lipinski definition) is 1. The number of terminal acetylenes is 1. The first-order valence-electron chi connectivity index (χ1n) is 5.48. The minimum atomic E-state index is -4.05. The molecule has 19 heavy (non-hydrogen) atoms. The number of ether oxygens (including phenoxy) is 1. The third kappa shape index (κ3) is 4.79. The Morgan fingerprint density at radius 3 is 2.63 bits per heavy atom. The van der Waals surface area contributed by atoms with Crippen molar-refractivity contribution in [1.29, 1.82) is 0 Å². The second-order valence-corrected chi connectivity index (χ2v) is 3.77. The predicted molar refractivity (Wildman–Crippen MR) is 63.4 cm³/mol. The first-order valence-corrected chi connectivity index (χ1v) is 5.48. The predicted octanol–water partition coefficient (Wildman–Crippen LogP) is 2.69. The highest BCUT2D eigenvalue weighted by Crippen LogP contribution is 2.22. The van der Waals surface area contributed by atoms with Crippen molar-refractivity contribution in [2.45, 2.75) is 18.9 Å². The first-order chi connectivity index (χ1) is 8.97. The van der Waals surface area contributed by atoms with Crippen molar-refractivity contribution in [2.24, 2.45) is 0 Å². The normalized spacial score (nSPS) is 11.4. The zero-order valence-electron chi connectivity index (χ0n) is 10.0. The zero-order chi connectivity index (χ0) is 14.3. The summed E-state index contributed by atoms with van der Waals surface area (Å²) in [5.41, 5.74) is 0.572. The summed E-state index contributed by atoms with van der Waals surface area (Å²) in [5, 5.41) is 2.28. The van der Waals surface area contributed by atoms with Crippen molar-refractivity contribution >= 4 is 0 Å². The SMILES string of the molecule is C#CCOc1ccccc1CNCC(F)(F)C(F)F. The summed E-state index contributed by atoms with van der Waals surface area (Å²) in [6.07, 6.45) is 1.36. The maximum atomic E-state index is 12.7. The second-order valence-electron chi connectivity index (χ2n) is 3.77. The van der Waals surface area contributed by atoms with Crippen molar-refractivity contribution in [3.05, 3.63) is 29.8 Å². The van der Waals surface area contributed by atoms with Crippen LogP contribution in [0.3, 0.4) is 0 Å². The van der Waals surface area contributed by atoms with Gasteiger partial charge in [-0.25, -0.2) is 8.78 Å². The Hall–Kier alpha value is -1.74. The lowest BCUT2D eigenvalue weighted by Crippen LogP contribution is -2.38. The molecule has 1 aromatic carbocycles. The Bertz CT molecular complexity index is 443. The third-order valence-corrected chi connectivity index (χ3v) is 2.28. The van der Waals surface area contributed by atoms with Crippen molar-refractivity contribution in [1.82, 2.24) is 5.32 Å². The van der Waals surface area contributed by atoms with Gasteiger partial charge in [-0.3, -0.25) is 0 Å². The molecule has 1 aromatic rings. The van der Waals surface area contributed by atoms with Crippen LogP contribution in [0.5, 0.6) is 5.75 Å². The first kappa shape index (κ1) is 15.3. The van der Waals surface area contributed by atoms with E-state index in [1.54, 1.807) is 24.3 Å². The van der Waals surface area contributed by atoms with Gasteiger partial charge in [0.1, 0.15) is 12.4 Å². The van der Waals surface area contributed by atoms with E-state index in [0.717, 1.165) is 0 Å². The highest BCUT2D eigenvalue weighted by molar-refractivity contribution is 5.33. The van der Waals surface area contributed by atoms with Crippen LogP contribution in [0.1, 0.15) is 5.56 Å². The molecular formula is C13H13F4NO. The number of rotatable bonds is 7. The lowest BCUT2D eigenvalue weighted by Gasteiger charge is -2.16. The standard InChI is InChI=1S/C13H13F4NO/c1-2-7-19-11-6-4-3-5-10(11)8-18-9-13(16,17)12(14)15/h1,3-6,12,18H,7-9H2. The van der Waals surface area contributed by atoms with Gasteiger partial charge in [0, 0.05) is 12.1 Å². The summed E-state index contributed by atoms with van der Waals surface area (Å²) in [5.74, 6) is -1.33. The summed E-state index contributed by atoms with van der Waals surface area (Å²) in [7, 11) is 0. The topological polar surface area (TPSA) is 21.3 Å². The summed E-state index contributed by atoms with van der Waals surface area (Å²) in [6, 6.07) is 6.65. The van der Waals surface area contributed by atoms with Gasteiger partial charge in [-0.05, 0) is 6.07 Å². The molecule has 104 valence electrons. The van der Waals surface area contributed by atoms with E-state index in [1.165, 1.54) is 0 Å². The number of hydrogen-bond acceptors (Lipinski definition) is 2. The minimum Gasteiger partial charge on any atom is -0.481 e. The lowest BCUT2D eigenvalue weighted by molar-refractivity contribution is -0.125. The highest BCUT2D eigenvalue weighted by Gasteiger charge is 2.39.